The zero-order valence-electron chi connectivity index (χ0n) is 10.6. The Bertz CT molecular complexity index is 562. The first kappa shape index (κ1) is 12.4. The molecule has 1 atom stereocenters. The van der Waals surface area contributed by atoms with Crippen LogP contribution in [0.4, 0.5) is 5.82 Å². The predicted octanol–water partition coefficient (Wildman–Crippen LogP) is 2.49. The summed E-state index contributed by atoms with van der Waals surface area (Å²) in [5.41, 5.74) is 0.829. The fraction of sp³-hybridized carbons (Fsp3) is 0.385. The Morgan fingerprint density at radius 2 is 2.33 bits per heavy atom. The molecule has 0 saturated heterocycles. The first-order chi connectivity index (χ1) is 8.63. The number of rotatable bonds is 5. The van der Waals surface area contributed by atoms with Gasteiger partial charge in [-0.25, -0.2) is 9.78 Å². The number of carboxylic acid groups (broad SMARTS) is 1. The number of hydrogen-bond acceptors (Lipinski definition) is 3. The summed E-state index contributed by atoms with van der Waals surface area (Å²) in [6, 6.07) is 5.42. The fourth-order valence-electron chi connectivity index (χ4n) is 1.74. The second-order valence-corrected chi connectivity index (χ2v) is 4.44. The quantitative estimate of drug-likeness (QED) is 0.851. The van der Waals surface area contributed by atoms with Crippen LogP contribution in [0.1, 0.15) is 30.8 Å². The highest BCUT2D eigenvalue weighted by Gasteiger charge is 2.18. The smallest absolute Gasteiger partial charge is 0.356 e. The van der Waals surface area contributed by atoms with Crippen molar-refractivity contribution in [2.24, 2.45) is 5.92 Å². The molecule has 2 heterocycles. The Labute approximate surface area is 105 Å². The van der Waals surface area contributed by atoms with Crippen LogP contribution in [-0.4, -0.2) is 27.0 Å². The van der Waals surface area contributed by atoms with Crippen LogP contribution in [0.25, 0.3) is 5.65 Å². The maximum atomic E-state index is 11.3. The van der Waals surface area contributed by atoms with Crippen LogP contribution in [-0.2, 0) is 0 Å². The summed E-state index contributed by atoms with van der Waals surface area (Å²) in [7, 11) is 0. The minimum absolute atomic E-state index is 0.189. The van der Waals surface area contributed by atoms with E-state index in [1.165, 1.54) is 0 Å². The Morgan fingerprint density at radius 1 is 1.56 bits per heavy atom. The molecular weight excluding hydrogens is 230 g/mol. The van der Waals surface area contributed by atoms with Gasteiger partial charge in [-0.15, -0.1) is 0 Å². The summed E-state index contributed by atoms with van der Waals surface area (Å²) < 4.78 is 1.58. The van der Waals surface area contributed by atoms with Crippen LogP contribution < -0.4 is 5.32 Å². The third kappa shape index (κ3) is 2.30. The normalized spacial score (nSPS) is 12.6. The molecule has 0 aliphatic carbocycles. The summed E-state index contributed by atoms with van der Waals surface area (Å²) >= 11 is 0. The van der Waals surface area contributed by atoms with E-state index in [0.717, 1.165) is 13.0 Å². The molecule has 0 aromatic carbocycles. The molecule has 0 spiro atoms. The van der Waals surface area contributed by atoms with Crippen molar-refractivity contribution in [2.75, 3.05) is 11.9 Å². The molecule has 5 heteroatoms. The van der Waals surface area contributed by atoms with E-state index in [1.807, 2.05) is 6.07 Å². The lowest BCUT2D eigenvalue weighted by Crippen LogP contribution is -2.13. The van der Waals surface area contributed by atoms with Crippen molar-refractivity contribution in [1.82, 2.24) is 9.38 Å². The summed E-state index contributed by atoms with van der Waals surface area (Å²) in [6.45, 7) is 4.94. The van der Waals surface area contributed by atoms with Gasteiger partial charge in [0.25, 0.3) is 0 Å². The molecule has 2 rings (SSSR count). The standard InChI is InChI=1S/C13H17N3O2/c1-3-9(2)8-14-12-11(13(17)18)16-7-5-4-6-10(16)15-12/h4-7,9,14H,3,8H2,1-2H3,(H,17,18). The number of nitrogens with one attached hydrogen (secondary N) is 1. The minimum Gasteiger partial charge on any atom is -0.476 e. The highest BCUT2D eigenvalue weighted by atomic mass is 16.4. The maximum Gasteiger partial charge on any atom is 0.356 e. The average Bonchev–Trinajstić information content (AvgIpc) is 2.74. The van der Waals surface area contributed by atoms with Crippen molar-refractivity contribution in [3.8, 4) is 0 Å². The number of carboxylic acids is 1. The van der Waals surface area contributed by atoms with Crippen LogP contribution in [0, 0.1) is 5.92 Å². The van der Waals surface area contributed by atoms with Gasteiger partial charge in [0.15, 0.2) is 11.5 Å². The largest absolute Gasteiger partial charge is 0.476 e. The fourth-order valence-corrected chi connectivity index (χ4v) is 1.74. The second kappa shape index (κ2) is 5.08. The van der Waals surface area contributed by atoms with Crippen LogP contribution in [0.2, 0.25) is 0 Å². The zero-order valence-corrected chi connectivity index (χ0v) is 10.6. The molecule has 0 aliphatic heterocycles. The van der Waals surface area contributed by atoms with E-state index < -0.39 is 5.97 Å². The van der Waals surface area contributed by atoms with Crippen LogP contribution in [0.15, 0.2) is 24.4 Å². The van der Waals surface area contributed by atoms with Gasteiger partial charge >= 0.3 is 5.97 Å². The first-order valence-corrected chi connectivity index (χ1v) is 6.07. The third-order valence-corrected chi connectivity index (χ3v) is 3.05. The van der Waals surface area contributed by atoms with Gasteiger partial charge in [-0.1, -0.05) is 26.3 Å². The van der Waals surface area contributed by atoms with E-state index in [4.69, 9.17) is 0 Å². The summed E-state index contributed by atoms with van der Waals surface area (Å²) in [5.74, 6) is -0.0502. The average molecular weight is 247 g/mol. The van der Waals surface area contributed by atoms with Crippen molar-refractivity contribution >= 4 is 17.4 Å². The SMILES string of the molecule is CCC(C)CNc1nc2ccccn2c1C(=O)O. The topological polar surface area (TPSA) is 66.6 Å². The van der Waals surface area contributed by atoms with E-state index in [1.54, 1.807) is 22.7 Å². The monoisotopic (exact) mass is 247 g/mol. The van der Waals surface area contributed by atoms with Gasteiger partial charge in [0, 0.05) is 12.7 Å². The molecule has 0 fully saturated rings. The molecule has 0 radical (unpaired) electrons. The highest BCUT2D eigenvalue weighted by Crippen LogP contribution is 2.18. The van der Waals surface area contributed by atoms with E-state index in [-0.39, 0.29) is 5.69 Å². The van der Waals surface area contributed by atoms with Crippen LogP contribution in [0.5, 0.6) is 0 Å². The summed E-state index contributed by atoms with van der Waals surface area (Å²) in [5, 5.41) is 12.4. The number of pyridine rings is 1. The summed E-state index contributed by atoms with van der Waals surface area (Å²) in [4.78, 5) is 15.6. The number of fused-ring (bicyclic) bond motifs is 1. The van der Waals surface area contributed by atoms with Gasteiger partial charge in [0.05, 0.1) is 0 Å². The van der Waals surface area contributed by atoms with E-state index in [0.29, 0.717) is 17.4 Å². The van der Waals surface area contributed by atoms with Gasteiger partial charge in [0.2, 0.25) is 0 Å². The highest BCUT2D eigenvalue weighted by molar-refractivity contribution is 5.92. The van der Waals surface area contributed by atoms with Crippen molar-refractivity contribution in [3.63, 3.8) is 0 Å². The molecule has 0 saturated carbocycles. The van der Waals surface area contributed by atoms with E-state index in [2.05, 4.69) is 24.1 Å². The first-order valence-electron chi connectivity index (χ1n) is 6.07. The van der Waals surface area contributed by atoms with Gasteiger partial charge in [0.1, 0.15) is 5.65 Å². The van der Waals surface area contributed by atoms with Crippen molar-refractivity contribution < 1.29 is 9.90 Å². The molecule has 0 bridgehead atoms. The predicted molar refractivity (Wildman–Crippen MR) is 70.1 cm³/mol. The minimum atomic E-state index is -0.972. The number of anilines is 1. The van der Waals surface area contributed by atoms with Gasteiger partial charge in [-0.2, -0.15) is 0 Å². The lowest BCUT2D eigenvalue weighted by molar-refractivity contribution is 0.0690. The number of hydrogen-bond donors (Lipinski definition) is 2. The summed E-state index contributed by atoms with van der Waals surface area (Å²) in [6.07, 6.45) is 2.75. The molecular formula is C13H17N3O2. The molecule has 2 aromatic heterocycles. The number of nitrogens with zero attached hydrogens (tertiary/aromatic N) is 2. The van der Waals surface area contributed by atoms with Crippen LogP contribution in [0.3, 0.4) is 0 Å². The maximum absolute atomic E-state index is 11.3. The van der Waals surface area contributed by atoms with Crippen LogP contribution >= 0.6 is 0 Å². The van der Waals surface area contributed by atoms with Gasteiger partial charge in [-0.05, 0) is 18.1 Å². The number of aromatic nitrogens is 2. The Morgan fingerprint density at radius 3 is 3.00 bits per heavy atom. The Kier molecular flexibility index (Phi) is 3.50. The van der Waals surface area contributed by atoms with Crippen molar-refractivity contribution in [3.05, 3.63) is 30.1 Å². The number of aromatic carboxylic acids is 1. The zero-order chi connectivity index (χ0) is 13.1. The third-order valence-electron chi connectivity index (χ3n) is 3.05. The van der Waals surface area contributed by atoms with E-state index >= 15 is 0 Å². The molecule has 0 amide bonds. The lowest BCUT2D eigenvalue weighted by atomic mass is 10.1. The molecule has 18 heavy (non-hydrogen) atoms. The van der Waals surface area contributed by atoms with E-state index in [9.17, 15) is 9.90 Å². The number of carbonyl (C=O) groups is 1. The molecule has 0 aliphatic rings. The Hall–Kier alpha value is -2.04. The molecule has 2 N–H and O–H groups in total. The number of imidazole rings is 1. The van der Waals surface area contributed by atoms with Crippen molar-refractivity contribution in [1.29, 1.82) is 0 Å². The lowest BCUT2D eigenvalue weighted by Gasteiger charge is -2.09. The molecule has 5 nitrogen and oxygen atoms in total. The molecule has 96 valence electrons. The van der Waals surface area contributed by atoms with Gasteiger partial charge in [-0.3, -0.25) is 4.40 Å². The van der Waals surface area contributed by atoms with Crippen molar-refractivity contribution in [2.45, 2.75) is 20.3 Å². The van der Waals surface area contributed by atoms with Gasteiger partial charge < -0.3 is 10.4 Å². The Balaban J connectivity index is 2.37. The molecule has 2 aromatic rings. The second-order valence-electron chi connectivity index (χ2n) is 4.44. The molecule has 1 unspecified atom stereocenters.